The highest BCUT2D eigenvalue weighted by Gasteiger charge is 2.32. The Morgan fingerprint density at radius 3 is 2.62 bits per heavy atom. The Kier molecular flexibility index (Phi) is 4.26. The van der Waals surface area contributed by atoms with Crippen molar-refractivity contribution in [2.45, 2.75) is 45.3 Å². The molecule has 138 valence electrons. The molecule has 7 heteroatoms. The van der Waals surface area contributed by atoms with Gasteiger partial charge in [-0.25, -0.2) is 0 Å². The Morgan fingerprint density at radius 2 is 1.92 bits per heavy atom. The van der Waals surface area contributed by atoms with Crippen molar-refractivity contribution in [2.24, 2.45) is 0 Å². The summed E-state index contributed by atoms with van der Waals surface area (Å²) in [5, 5.41) is 17.6. The molecule has 0 bridgehead atoms. The summed E-state index contributed by atoms with van der Waals surface area (Å²) in [5.41, 5.74) is 3.27. The summed E-state index contributed by atoms with van der Waals surface area (Å²) in [6.45, 7) is 9.65. The fraction of sp³-hybridized carbons (Fsp3) is 0.579. The molecule has 1 fully saturated rings. The Morgan fingerprint density at radius 1 is 1.12 bits per heavy atom. The number of hydrogen-bond acceptors (Lipinski definition) is 7. The molecule has 26 heavy (non-hydrogen) atoms. The van der Waals surface area contributed by atoms with Crippen molar-refractivity contribution < 1.29 is 4.74 Å². The maximum absolute atomic E-state index is 5.53. The van der Waals surface area contributed by atoms with Crippen molar-refractivity contribution in [2.75, 3.05) is 36.5 Å². The van der Waals surface area contributed by atoms with Crippen molar-refractivity contribution in [3.63, 3.8) is 0 Å². The van der Waals surface area contributed by atoms with Crippen LogP contribution >= 0.6 is 0 Å². The van der Waals surface area contributed by atoms with Crippen LogP contribution in [0, 0.1) is 0 Å². The molecule has 0 aliphatic carbocycles. The van der Waals surface area contributed by atoms with E-state index in [2.05, 4.69) is 76.2 Å². The van der Waals surface area contributed by atoms with Crippen LogP contribution in [-0.4, -0.2) is 53.2 Å². The van der Waals surface area contributed by atoms with Gasteiger partial charge >= 0.3 is 0 Å². The first kappa shape index (κ1) is 17.1. The molecule has 0 amide bonds. The van der Waals surface area contributed by atoms with Crippen LogP contribution in [0.2, 0.25) is 0 Å². The molecule has 4 heterocycles. The predicted molar refractivity (Wildman–Crippen MR) is 101 cm³/mol. The second-order valence-corrected chi connectivity index (χ2v) is 8.17. The topological polar surface area (TPSA) is 67.3 Å². The molecular weight excluding hydrogens is 328 g/mol. The molecule has 0 aromatic carbocycles. The first-order valence-electron chi connectivity index (χ1n) is 9.17. The van der Waals surface area contributed by atoms with E-state index in [0.717, 1.165) is 54.7 Å². The van der Waals surface area contributed by atoms with Crippen LogP contribution in [0.5, 0.6) is 0 Å². The van der Waals surface area contributed by atoms with Gasteiger partial charge < -0.3 is 14.5 Å². The minimum absolute atomic E-state index is 0.0259. The highest BCUT2D eigenvalue weighted by molar-refractivity contribution is 5.48. The van der Waals surface area contributed by atoms with E-state index >= 15 is 0 Å². The summed E-state index contributed by atoms with van der Waals surface area (Å²) in [6.07, 6.45) is 0.854. The first-order chi connectivity index (χ1) is 12.4. The summed E-state index contributed by atoms with van der Waals surface area (Å²) >= 11 is 0. The maximum Gasteiger partial charge on any atom is 0.151 e. The number of aromatic nitrogens is 4. The molecule has 2 aromatic rings. The molecule has 0 atom stereocenters. The number of ether oxygens (including phenoxy) is 1. The SMILES string of the molecule is CN(c1cc2c(nn1)CCOC2)C1CN(c2ccc(C(C)(C)C)nn2)C1. The fourth-order valence-corrected chi connectivity index (χ4v) is 3.27. The van der Waals surface area contributed by atoms with Gasteiger partial charge in [0.15, 0.2) is 11.6 Å². The lowest BCUT2D eigenvalue weighted by atomic mass is 9.92. The summed E-state index contributed by atoms with van der Waals surface area (Å²) in [5.74, 6) is 1.85. The van der Waals surface area contributed by atoms with Gasteiger partial charge in [-0.1, -0.05) is 20.8 Å². The van der Waals surface area contributed by atoms with Gasteiger partial charge in [0.25, 0.3) is 0 Å². The standard InChI is InChI=1S/C19H26N6O/c1-19(2,3)16-5-6-17(22-21-16)25-10-14(11-25)24(4)18-9-13-12-26-8-7-15(13)20-23-18/h5-6,9,14H,7-8,10-12H2,1-4H3. The molecule has 1 saturated heterocycles. The molecule has 0 spiro atoms. The molecule has 4 rings (SSSR count). The Labute approximate surface area is 154 Å². The lowest BCUT2D eigenvalue weighted by Crippen LogP contribution is -2.59. The summed E-state index contributed by atoms with van der Waals surface area (Å²) in [7, 11) is 2.08. The second kappa shape index (κ2) is 6.46. The zero-order valence-electron chi connectivity index (χ0n) is 15.9. The maximum atomic E-state index is 5.53. The number of anilines is 2. The monoisotopic (exact) mass is 354 g/mol. The van der Waals surface area contributed by atoms with Crippen molar-refractivity contribution in [1.29, 1.82) is 0 Å². The van der Waals surface area contributed by atoms with E-state index in [0.29, 0.717) is 12.6 Å². The molecule has 0 radical (unpaired) electrons. The van der Waals surface area contributed by atoms with Crippen LogP contribution in [0.1, 0.15) is 37.7 Å². The third kappa shape index (κ3) is 3.23. The van der Waals surface area contributed by atoms with Crippen LogP contribution in [-0.2, 0) is 23.2 Å². The summed E-state index contributed by atoms with van der Waals surface area (Å²) in [6, 6.07) is 6.66. The second-order valence-electron chi connectivity index (χ2n) is 8.17. The van der Waals surface area contributed by atoms with E-state index in [4.69, 9.17) is 4.74 Å². The minimum Gasteiger partial charge on any atom is -0.376 e. The van der Waals surface area contributed by atoms with Gasteiger partial charge in [0.1, 0.15) is 0 Å². The molecule has 2 aliphatic rings. The lowest BCUT2D eigenvalue weighted by Gasteiger charge is -2.44. The average molecular weight is 354 g/mol. The number of likely N-dealkylation sites (N-methyl/N-ethyl adjacent to an activating group) is 1. The van der Waals surface area contributed by atoms with Gasteiger partial charge in [0.2, 0.25) is 0 Å². The van der Waals surface area contributed by atoms with Crippen LogP contribution in [0.15, 0.2) is 18.2 Å². The Balaban J connectivity index is 1.40. The average Bonchev–Trinajstić information content (AvgIpc) is 2.59. The van der Waals surface area contributed by atoms with Gasteiger partial charge in [0, 0.05) is 37.5 Å². The quantitative estimate of drug-likeness (QED) is 0.835. The normalized spacial score (nSPS) is 17.6. The van der Waals surface area contributed by atoms with E-state index < -0.39 is 0 Å². The number of rotatable bonds is 3. The molecule has 0 saturated carbocycles. The smallest absolute Gasteiger partial charge is 0.151 e. The number of fused-ring (bicyclic) bond motifs is 1. The van der Waals surface area contributed by atoms with Crippen molar-refractivity contribution >= 4 is 11.6 Å². The van der Waals surface area contributed by atoms with E-state index in [9.17, 15) is 0 Å². The van der Waals surface area contributed by atoms with Gasteiger partial charge in [0.05, 0.1) is 30.6 Å². The van der Waals surface area contributed by atoms with Crippen LogP contribution in [0.3, 0.4) is 0 Å². The molecule has 2 aliphatic heterocycles. The summed E-state index contributed by atoms with van der Waals surface area (Å²) in [4.78, 5) is 4.45. The van der Waals surface area contributed by atoms with Crippen molar-refractivity contribution in [3.8, 4) is 0 Å². The van der Waals surface area contributed by atoms with Crippen molar-refractivity contribution in [3.05, 3.63) is 35.2 Å². The van der Waals surface area contributed by atoms with E-state index in [1.165, 1.54) is 0 Å². The molecule has 7 nitrogen and oxygen atoms in total. The number of nitrogens with zero attached hydrogens (tertiary/aromatic N) is 6. The fourth-order valence-electron chi connectivity index (χ4n) is 3.27. The predicted octanol–water partition coefficient (Wildman–Crippen LogP) is 1.96. The highest BCUT2D eigenvalue weighted by atomic mass is 16.5. The van der Waals surface area contributed by atoms with Crippen LogP contribution in [0.4, 0.5) is 11.6 Å². The van der Waals surface area contributed by atoms with Crippen LogP contribution < -0.4 is 9.80 Å². The molecule has 0 unspecified atom stereocenters. The Hall–Kier alpha value is -2.28. The van der Waals surface area contributed by atoms with E-state index in [-0.39, 0.29) is 5.41 Å². The largest absolute Gasteiger partial charge is 0.376 e. The van der Waals surface area contributed by atoms with Gasteiger partial charge in [-0.2, -0.15) is 10.2 Å². The first-order valence-corrected chi connectivity index (χ1v) is 9.17. The van der Waals surface area contributed by atoms with Gasteiger partial charge in [-0.15, -0.1) is 10.2 Å². The number of hydrogen-bond donors (Lipinski definition) is 0. The van der Waals surface area contributed by atoms with Crippen molar-refractivity contribution in [1.82, 2.24) is 20.4 Å². The van der Waals surface area contributed by atoms with Gasteiger partial charge in [-0.3, -0.25) is 0 Å². The Bertz CT molecular complexity index is 780. The van der Waals surface area contributed by atoms with E-state index in [1.54, 1.807) is 0 Å². The zero-order chi connectivity index (χ0) is 18.3. The minimum atomic E-state index is 0.0259. The molecular formula is C19H26N6O. The highest BCUT2D eigenvalue weighted by Crippen LogP contribution is 2.26. The lowest BCUT2D eigenvalue weighted by molar-refractivity contribution is 0.109. The van der Waals surface area contributed by atoms with E-state index in [1.807, 2.05) is 0 Å². The third-order valence-electron chi connectivity index (χ3n) is 5.20. The molecule has 0 N–H and O–H groups in total. The van der Waals surface area contributed by atoms with Gasteiger partial charge in [-0.05, 0) is 18.2 Å². The zero-order valence-corrected chi connectivity index (χ0v) is 15.9. The summed E-state index contributed by atoms with van der Waals surface area (Å²) < 4.78 is 5.53. The third-order valence-corrected chi connectivity index (χ3v) is 5.20. The molecule has 2 aromatic heterocycles. The van der Waals surface area contributed by atoms with Crippen LogP contribution in [0.25, 0.3) is 0 Å².